The van der Waals surface area contributed by atoms with E-state index in [1.165, 1.54) is 11.3 Å². The van der Waals surface area contributed by atoms with Crippen molar-refractivity contribution in [2.24, 2.45) is 0 Å². The highest BCUT2D eigenvalue weighted by atomic mass is 32.1. The van der Waals surface area contributed by atoms with Crippen LogP contribution in [0.15, 0.2) is 5.38 Å². The van der Waals surface area contributed by atoms with E-state index in [4.69, 9.17) is 10.5 Å². The zero-order chi connectivity index (χ0) is 11.5. The quantitative estimate of drug-likeness (QED) is 0.807. The number of ether oxygens (including phenoxy) is 1. The van der Waals surface area contributed by atoms with Gasteiger partial charge in [-0.3, -0.25) is 4.79 Å². The lowest BCUT2D eigenvalue weighted by Gasteiger charge is -2.34. The molecule has 1 aromatic heterocycles. The third-order valence-electron chi connectivity index (χ3n) is 2.70. The Balaban J connectivity index is 1.73. The summed E-state index contributed by atoms with van der Waals surface area (Å²) < 4.78 is 5.14. The Labute approximate surface area is 98.0 Å². The first-order valence-corrected chi connectivity index (χ1v) is 6.07. The van der Waals surface area contributed by atoms with Crippen molar-refractivity contribution in [2.45, 2.75) is 31.4 Å². The van der Waals surface area contributed by atoms with Crippen LogP contribution in [0.5, 0.6) is 0 Å². The normalized spacial score (nSPS) is 23.8. The number of carbonyl (C=O) groups is 1. The third kappa shape index (κ3) is 2.70. The molecule has 1 saturated carbocycles. The number of amides is 1. The molecule has 0 unspecified atom stereocenters. The minimum Gasteiger partial charge on any atom is -0.381 e. The molecule has 0 bridgehead atoms. The highest BCUT2D eigenvalue weighted by Crippen LogP contribution is 2.22. The number of nitrogens with one attached hydrogen (secondary N) is 1. The summed E-state index contributed by atoms with van der Waals surface area (Å²) in [6, 6.07) is 0.258. The van der Waals surface area contributed by atoms with Crippen LogP contribution in [-0.4, -0.2) is 30.1 Å². The summed E-state index contributed by atoms with van der Waals surface area (Å²) in [7, 11) is 1.70. The fourth-order valence-corrected chi connectivity index (χ4v) is 2.29. The molecule has 1 aromatic rings. The van der Waals surface area contributed by atoms with E-state index >= 15 is 0 Å². The Morgan fingerprint density at radius 3 is 3.06 bits per heavy atom. The molecule has 6 heteroatoms. The van der Waals surface area contributed by atoms with Crippen LogP contribution >= 0.6 is 11.3 Å². The summed E-state index contributed by atoms with van der Waals surface area (Å²) in [5, 5.41) is 5.26. The number of carbonyl (C=O) groups excluding carboxylic acids is 1. The van der Waals surface area contributed by atoms with Crippen LogP contribution in [0.1, 0.15) is 18.5 Å². The number of thiazole rings is 1. The molecule has 1 fully saturated rings. The molecule has 16 heavy (non-hydrogen) atoms. The van der Waals surface area contributed by atoms with Crippen molar-refractivity contribution in [1.29, 1.82) is 0 Å². The van der Waals surface area contributed by atoms with E-state index in [-0.39, 0.29) is 11.9 Å². The fourth-order valence-electron chi connectivity index (χ4n) is 1.72. The Morgan fingerprint density at radius 1 is 1.75 bits per heavy atom. The smallest absolute Gasteiger partial charge is 0.226 e. The molecule has 1 aliphatic rings. The summed E-state index contributed by atoms with van der Waals surface area (Å²) >= 11 is 1.36. The zero-order valence-electron chi connectivity index (χ0n) is 9.10. The lowest BCUT2D eigenvalue weighted by atomic mass is 9.89. The molecule has 0 spiro atoms. The van der Waals surface area contributed by atoms with Gasteiger partial charge in [-0.2, -0.15) is 0 Å². The minimum absolute atomic E-state index is 0.00449. The summed E-state index contributed by atoms with van der Waals surface area (Å²) in [6.07, 6.45) is 2.42. The van der Waals surface area contributed by atoms with Crippen molar-refractivity contribution in [2.75, 3.05) is 12.8 Å². The van der Waals surface area contributed by atoms with Gasteiger partial charge in [-0.25, -0.2) is 4.98 Å². The highest BCUT2D eigenvalue weighted by Gasteiger charge is 2.30. The van der Waals surface area contributed by atoms with Gasteiger partial charge in [0, 0.05) is 18.5 Å². The van der Waals surface area contributed by atoms with Gasteiger partial charge in [0.15, 0.2) is 5.13 Å². The van der Waals surface area contributed by atoms with E-state index in [1.54, 1.807) is 7.11 Å². The molecule has 5 nitrogen and oxygen atoms in total. The lowest BCUT2D eigenvalue weighted by molar-refractivity contribution is -0.122. The van der Waals surface area contributed by atoms with Gasteiger partial charge in [0.05, 0.1) is 18.2 Å². The average molecular weight is 241 g/mol. The van der Waals surface area contributed by atoms with Gasteiger partial charge >= 0.3 is 0 Å². The minimum atomic E-state index is 0.00449. The van der Waals surface area contributed by atoms with Crippen LogP contribution in [-0.2, 0) is 16.0 Å². The maximum Gasteiger partial charge on any atom is 0.226 e. The van der Waals surface area contributed by atoms with Crippen molar-refractivity contribution in [3.8, 4) is 0 Å². The number of hydrogen-bond acceptors (Lipinski definition) is 5. The number of anilines is 1. The summed E-state index contributed by atoms with van der Waals surface area (Å²) in [6.45, 7) is 0. The predicted molar refractivity (Wildman–Crippen MR) is 62.2 cm³/mol. The standard InChI is InChI=1S/C10H15N3O2S/c1-15-8-2-6(3-8)12-9(14)4-7-5-16-10(11)13-7/h5-6,8H,2-4H2,1H3,(H2,11,13)(H,12,14). The van der Waals surface area contributed by atoms with E-state index in [9.17, 15) is 4.79 Å². The average Bonchev–Trinajstić information content (AvgIpc) is 2.57. The molecule has 1 heterocycles. The van der Waals surface area contributed by atoms with Crippen LogP contribution in [0.4, 0.5) is 5.13 Å². The van der Waals surface area contributed by atoms with Crippen molar-refractivity contribution in [3.05, 3.63) is 11.1 Å². The van der Waals surface area contributed by atoms with Gasteiger partial charge in [0.2, 0.25) is 5.91 Å². The van der Waals surface area contributed by atoms with Crippen LogP contribution in [0, 0.1) is 0 Å². The largest absolute Gasteiger partial charge is 0.381 e. The first-order chi connectivity index (χ1) is 7.67. The van der Waals surface area contributed by atoms with E-state index in [0.29, 0.717) is 17.7 Å². The number of nitrogens with two attached hydrogens (primary N) is 1. The molecule has 3 N–H and O–H groups in total. The molecular formula is C10H15N3O2S. The van der Waals surface area contributed by atoms with Gasteiger partial charge in [0.25, 0.3) is 0 Å². The van der Waals surface area contributed by atoms with Gasteiger partial charge in [0.1, 0.15) is 0 Å². The number of rotatable bonds is 4. The number of methoxy groups -OCH3 is 1. The first kappa shape index (κ1) is 11.3. The molecule has 1 amide bonds. The van der Waals surface area contributed by atoms with Gasteiger partial charge in [-0.1, -0.05) is 0 Å². The number of nitrogen functional groups attached to an aromatic ring is 1. The van der Waals surface area contributed by atoms with Crippen LogP contribution in [0.3, 0.4) is 0 Å². The molecule has 88 valence electrons. The monoisotopic (exact) mass is 241 g/mol. The molecule has 0 atom stereocenters. The van der Waals surface area contributed by atoms with E-state index in [0.717, 1.165) is 18.5 Å². The Hall–Kier alpha value is -1.14. The predicted octanol–water partition coefficient (Wildman–Crippen LogP) is 0.561. The van der Waals surface area contributed by atoms with Crippen molar-refractivity contribution < 1.29 is 9.53 Å². The summed E-state index contributed by atoms with van der Waals surface area (Å²) in [5.74, 6) is 0.00449. The zero-order valence-corrected chi connectivity index (χ0v) is 9.92. The molecule has 0 aliphatic heterocycles. The third-order valence-corrected chi connectivity index (χ3v) is 3.43. The number of nitrogens with zero attached hydrogens (tertiary/aromatic N) is 1. The summed E-state index contributed by atoms with van der Waals surface area (Å²) in [4.78, 5) is 15.6. The molecule has 0 radical (unpaired) electrons. The maximum absolute atomic E-state index is 11.6. The highest BCUT2D eigenvalue weighted by molar-refractivity contribution is 7.13. The second-order valence-electron chi connectivity index (χ2n) is 3.95. The first-order valence-electron chi connectivity index (χ1n) is 5.19. The van der Waals surface area contributed by atoms with E-state index in [1.807, 2.05) is 5.38 Å². The SMILES string of the molecule is COC1CC(NC(=O)Cc2csc(N)n2)C1. The van der Waals surface area contributed by atoms with Crippen LogP contribution in [0.2, 0.25) is 0 Å². The van der Waals surface area contributed by atoms with Crippen molar-refractivity contribution >= 4 is 22.4 Å². The Kier molecular flexibility index (Phi) is 3.40. The molecule has 1 aliphatic carbocycles. The second kappa shape index (κ2) is 4.80. The fraction of sp³-hybridized carbons (Fsp3) is 0.600. The molecular weight excluding hydrogens is 226 g/mol. The number of hydrogen-bond donors (Lipinski definition) is 2. The topological polar surface area (TPSA) is 77.2 Å². The van der Waals surface area contributed by atoms with Crippen molar-refractivity contribution in [3.63, 3.8) is 0 Å². The van der Waals surface area contributed by atoms with Gasteiger partial charge in [-0.05, 0) is 12.8 Å². The van der Waals surface area contributed by atoms with Gasteiger partial charge in [-0.15, -0.1) is 11.3 Å². The van der Waals surface area contributed by atoms with Crippen molar-refractivity contribution in [1.82, 2.24) is 10.3 Å². The molecule has 0 aromatic carbocycles. The lowest BCUT2D eigenvalue weighted by Crippen LogP contribution is -2.47. The maximum atomic E-state index is 11.6. The molecule has 2 rings (SSSR count). The van der Waals surface area contributed by atoms with Gasteiger partial charge < -0.3 is 15.8 Å². The Bertz CT molecular complexity index is 374. The van der Waals surface area contributed by atoms with Crippen LogP contribution in [0.25, 0.3) is 0 Å². The molecule has 0 saturated heterocycles. The second-order valence-corrected chi connectivity index (χ2v) is 4.84. The van der Waals surface area contributed by atoms with E-state index in [2.05, 4.69) is 10.3 Å². The van der Waals surface area contributed by atoms with Crippen LogP contribution < -0.4 is 11.1 Å². The number of aromatic nitrogens is 1. The Morgan fingerprint density at radius 2 is 2.50 bits per heavy atom. The summed E-state index contributed by atoms with van der Waals surface area (Å²) in [5.41, 5.74) is 6.23. The van der Waals surface area contributed by atoms with E-state index < -0.39 is 0 Å².